The molecule has 11 rings (SSSR count). The van der Waals surface area contributed by atoms with Crippen molar-refractivity contribution in [3.63, 3.8) is 0 Å². The second kappa shape index (κ2) is 8.87. The van der Waals surface area contributed by atoms with Crippen LogP contribution in [-0.2, 0) is 0 Å². The van der Waals surface area contributed by atoms with Gasteiger partial charge in [-0.3, -0.25) is 0 Å². The van der Waals surface area contributed by atoms with Gasteiger partial charge in [0.15, 0.2) is 0 Å². The van der Waals surface area contributed by atoms with Crippen molar-refractivity contribution in [1.82, 2.24) is 4.57 Å². The molecule has 0 fully saturated rings. The molecule has 4 heteroatoms. The smallest absolute Gasteiger partial charge is 0.143 e. The van der Waals surface area contributed by atoms with Gasteiger partial charge in [-0.1, -0.05) is 91.0 Å². The van der Waals surface area contributed by atoms with Crippen LogP contribution in [-0.4, -0.2) is 4.57 Å². The molecule has 0 atom stereocenters. The average molecular weight is 606 g/mol. The summed E-state index contributed by atoms with van der Waals surface area (Å²) in [5.74, 6) is 0. The van der Waals surface area contributed by atoms with E-state index in [1.54, 1.807) is 0 Å². The first kappa shape index (κ1) is 24.5. The Morgan fingerprint density at radius 1 is 0.435 bits per heavy atom. The zero-order valence-corrected chi connectivity index (χ0v) is 25.3. The summed E-state index contributed by atoms with van der Waals surface area (Å²) in [7, 11) is 0. The van der Waals surface area contributed by atoms with Crippen molar-refractivity contribution in [2.45, 2.75) is 0 Å². The summed E-state index contributed by atoms with van der Waals surface area (Å²) in [5.41, 5.74) is 9.55. The van der Waals surface area contributed by atoms with Crippen LogP contribution in [0.4, 0.5) is 0 Å². The van der Waals surface area contributed by atoms with E-state index in [9.17, 15) is 0 Å². The minimum absolute atomic E-state index is 0.919. The van der Waals surface area contributed by atoms with Gasteiger partial charge in [0, 0.05) is 69.3 Å². The lowest BCUT2D eigenvalue weighted by Crippen LogP contribution is -1.93. The molecule has 11 aromatic rings. The molecule has 214 valence electrons. The van der Waals surface area contributed by atoms with E-state index < -0.39 is 0 Å². The molecule has 7 aromatic carbocycles. The lowest BCUT2D eigenvalue weighted by molar-refractivity contribution is 0.669. The molecule has 0 bridgehead atoms. The van der Waals surface area contributed by atoms with Crippen molar-refractivity contribution in [2.24, 2.45) is 0 Å². The zero-order valence-electron chi connectivity index (χ0n) is 24.5. The number of furan rings is 2. The largest absolute Gasteiger partial charge is 0.456 e. The number of thiophene rings is 1. The van der Waals surface area contributed by atoms with Gasteiger partial charge < -0.3 is 13.4 Å². The van der Waals surface area contributed by atoms with Crippen LogP contribution in [0.3, 0.4) is 0 Å². The minimum Gasteiger partial charge on any atom is -0.456 e. The fraction of sp³-hybridized carbons (Fsp3) is 0. The Labute approximate surface area is 266 Å². The SMILES string of the molecule is c1ccc2c(c1)oc1c(-c3cccc4c3sc3ccc(-n5c6ccccc6c6c7c(ccc65)oc5ccccc57)cc34)cccc12. The Morgan fingerprint density at radius 2 is 1.15 bits per heavy atom. The first-order chi connectivity index (χ1) is 22.8. The molecule has 0 N–H and O–H groups in total. The van der Waals surface area contributed by atoms with Gasteiger partial charge >= 0.3 is 0 Å². The van der Waals surface area contributed by atoms with E-state index >= 15 is 0 Å². The third-order valence-electron chi connectivity index (χ3n) is 9.61. The van der Waals surface area contributed by atoms with Crippen molar-refractivity contribution in [3.8, 4) is 16.8 Å². The van der Waals surface area contributed by atoms with Crippen LogP contribution in [0.5, 0.6) is 0 Å². The predicted molar refractivity (Wildman–Crippen MR) is 194 cm³/mol. The molecule has 0 aliphatic rings. The first-order valence-electron chi connectivity index (χ1n) is 15.5. The van der Waals surface area contributed by atoms with Crippen LogP contribution in [0.15, 0.2) is 148 Å². The predicted octanol–water partition coefficient (Wildman–Crippen LogP) is 12.6. The number of benzene rings is 7. The minimum atomic E-state index is 0.919. The van der Waals surface area contributed by atoms with E-state index in [1.165, 1.54) is 52.9 Å². The Bertz CT molecular complexity index is 3040. The van der Waals surface area contributed by atoms with Crippen LogP contribution in [0, 0.1) is 0 Å². The number of nitrogens with zero attached hydrogens (tertiary/aromatic N) is 1. The molecule has 0 amide bonds. The van der Waals surface area contributed by atoms with Crippen molar-refractivity contribution >= 4 is 97.2 Å². The molecule has 0 unspecified atom stereocenters. The van der Waals surface area contributed by atoms with Crippen molar-refractivity contribution in [1.29, 1.82) is 0 Å². The highest BCUT2D eigenvalue weighted by atomic mass is 32.1. The van der Waals surface area contributed by atoms with Crippen LogP contribution < -0.4 is 0 Å². The lowest BCUT2D eigenvalue weighted by atomic mass is 10.00. The second-order valence-corrected chi connectivity index (χ2v) is 13.1. The zero-order chi connectivity index (χ0) is 29.9. The number of hydrogen-bond donors (Lipinski definition) is 0. The summed E-state index contributed by atoms with van der Waals surface area (Å²) < 4.78 is 17.7. The summed E-state index contributed by atoms with van der Waals surface area (Å²) in [5, 5.41) is 9.61. The molecule has 0 saturated carbocycles. The second-order valence-electron chi connectivity index (χ2n) is 12.0. The highest BCUT2D eigenvalue weighted by Gasteiger charge is 2.20. The van der Waals surface area contributed by atoms with E-state index in [4.69, 9.17) is 8.83 Å². The Kier molecular flexibility index (Phi) is 4.72. The number of hydrogen-bond acceptors (Lipinski definition) is 3. The number of aromatic nitrogens is 1. The molecule has 0 saturated heterocycles. The van der Waals surface area contributed by atoms with E-state index in [0.717, 1.165) is 49.7 Å². The third kappa shape index (κ3) is 3.16. The van der Waals surface area contributed by atoms with Crippen molar-refractivity contribution < 1.29 is 8.83 Å². The molecule has 4 heterocycles. The van der Waals surface area contributed by atoms with Gasteiger partial charge in [-0.15, -0.1) is 11.3 Å². The first-order valence-corrected chi connectivity index (χ1v) is 16.3. The fourth-order valence-corrected chi connectivity index (χ4v) is 8.86. The van der Waals surface area contributed by atoms with Gasteiger partial charge in [0.1, 0.15) is 22.3 Å². The summed E-state index contributed by atoms with van der Waals surface area (Å²) >= 11 is 1.85. The quantitative estimate of drug-likeness (QED) is 0.196. The fourth-order valence-electron chi connectivity index (χ4n) is 7.65. The van der Waals surface area contributed by atoms with Gasteiger partial charge in [0.2, 0.25) is 0 Å². The summed E-state index contributed by atoms with van der Waals surface area (Å²) in [6.45, 7) is 0. The van der Waals surface area contributed by atoms with Gasteiger partial charge in [0.05, 0.1) is 11.0 Å². The maximum Gasteiger partial charge on any atom is 0.143 e. The van der Waals surface area contributed by atoms with Crippen LogP contribution >= 0.6 is 11.3 Å². The van der Waals surface area contributed by atoms with Gasteiger partial charge in [-0.25, -0.2) is 0 Å². The van der Waals surface area contributed by atoms with Crippen LogP contribution in [0.25, 0.3) is 103 Å². The Balaban J connectivity index is 1.18. The van der Waals surface area contributed by atoms with E-state index in [-0.39, 0.29) is 0 Å². The molecule has 3 nitrogen and oxygen atoms in total. The van der Waals surface area contributed by atoms with E-state index in [0.29, 0.717) is 0 Å². The number of para-hydroxylation sites is 4. The standard InChI is InChI=1S/C42H23NO2S/c1-4-16-33-30(10-1)39-34(20-21-37-40(39)31-11-3-6-18-36(31)44-37)43(33)24-19-22-38-32(23-24)29-15-8-14-28(42(29)46-38)27-13-7-12-26-25-9-2-5-17-35(25)45-41(26)27/h1-23H. The van der Waals surface area contributed by atoms with E-state index in [1.807, 2.05) is 23.5 Å². The van der Waals surface area contributed by atoms with Crippen molar-refractivity contribution in [3.05, 3.63) is 140 Å². The highest BCUT2D eigenvalue weighted by molar-refractivity contribution is 7.26. The topological polar surface area (TPSA) is 31.2 Å². The molecule has 0 spiro atoms. The summed E-state index contributed by atoms with van der Waals surface area (Å²) in [6, 6.07) is 49.8. The Hall–Kier alpha value is -5.84. The Morgan fingerprint density at radius 3 is 2.04 bits per heavy atom. The van der Waals surface area contributed by atoms with Crippen LogP contribution in [0.2, 0.25) is 0 Å². The van der Waals surface area contributed by atoms with Gasteiger partial charge in [0.25, 0.3) is 0 Å². The average Bonchev–Trinajstić information content (AvgIpc) is 3.86. The molecule has 0 radical (unpaired) electrons. The molecular formula is C42H23NO2S. The maximum absolute atomic E-state index is 6.46. The van der Waals surface area contributed by atoms with Gasteiger partial charge in [-0.05, 0) is 48.5 Å². The van der Waals surface area contributed by atoms with Gasteiger partial charge in [-0.2, -0.15) is 0 Å². The third-order valence-corrected chi connectivity index (χ3v) is 10.8. The lowest BCUT2D eigenvalue weighted by Gasteiger charge is -2.08. The number of rotatable bonds is 2. The van der Waals surface area contributed by atoms with Crippen LogP contribution in [0.1, 0.15) is 0 Å². The number of fused-ring (bicyclic) bond motifs is 13. The summed E-state index contributed by atoms with van der Waals surface area (Å²) in [4.78, 5) is 0. The molecule has 0 aliphatic carbocycles. The highest BCUT2D eigenvalue weighted by Crippen LogP contribution is 2.45. The normalized spacial score (nSPS) is 12.3. The van der Waals surface area contributed by atoms with Crippen molar-refractivity contribution in [2.75, 3.05) is 0 Å². The summed E-state index contributed by atoms with van der Waals surface area (Å²) in [6.07, 6.45) is 0. The molecular weight excluding hydrogens is 583 g/mol. The molecule has 4 aromatic heterocycles. The van der Waals surface area contributed by atoms with E-state index in [2.05, 4.69) is 132 Å². The molecule has 46 heavy (non-hydrogen) atoms. The maximum atomic E-state index is 6.46. The monoisotopic (exact) mass is 605 g/mol. The molecule has 0 aliphatic heterocycles.